The lowest BCUT2D eigenvalue weighted by molar-refractivity contribution is -0.135. The number of amides is 1. The van der Waals surface area contributed by atoms with Crippen molar-refractivity contribution in [3.05, 3.63) is 35.9 Å². The first kappa shape index (κ1) is 13.1. The summed E-state index contributed by atoms with van der Waals surface area (Å²) >= 11 is 0. The van der Waals surface area contributed by atoms with E-state index in [2.05, 4.69) is 0 Å². The van der Waals surface area contributed by atoms with Crippen molar-refractivity contribution >= 4 is 5.91 Å². The van der Waals surface area contributed by atoms with Gasteiger partial charge in [0.25, 0.3) is 0 Å². The van der Waals surface area contributed by atoms with E-state index in [-0.39, 0.29) is 18.4 Å². The largest absolute Gasteiger partial charge is 0.396 e. The smallest absolute Gasteiger partial charge is 0.232 e. The second-order valence-corrected chi connectivity index (χ2v) is 5.58. The molecule has 1 atom stereocenters. The zero-order chi connectivity index (χ0) is 13.2. The molecule has 1 fully saturated rings. The van der Waals surface area contributed by atoms with Crippen LogP contribution in [0.15, 0.2) is 30.3 Å². The summed E-state index contributed by atoms with van der Waals surface area (Å²) in [5, 5.41) is 9.15. The quantitative estimate of drug-likeness (QED) is 0.885. The summed E-state index contributed by atoms with van der Waals surface area (Å²) in [5.41, 5.74) is 0.549. The van der Waals surface area contributed by atoms with Gasteiger partial charge in [-0.2, -0.15) is 0 Å². The van der Waals surface area contributed by atoms with Crippen LogP contribution in [0.2, 0.25) is 0 Å². The van der Waals surface area contributed by atoms with Gasteiger partial charge in [-0.15, -0.1) is 0 Å². The molecular weight excluding hydrogens is 226 g/mol. The number of aliphatic hydroxyl groups is 1. The number of carbonyl (C=O) groups excluding carboxylic acids is 1. The number of hydrogen-bond acceptors (Lipinski definition) is 2. The van der Waals surface area contributed by atoms with Gasteiger partial charge in [-0.3, -0.25) is 4.79 Å². The fourth-order valence-corrected chi connectivity index (χ4v) is 2.54. The molecule has 1 aromatic rings. The number of hydrogen-bond donors (Lipinski definition) is 1. The molecule has 3 nitrogen and oxygen atoms in total. The Morgan fingerprint density at radius 2 is 2.06 bits per heavy atom. The Kier molecular flexibility index (Phi) is 3.71. The Labute approximate surface area is 108 Å². The molecule has 0 saturated carbocycles. The highest BCUT2D eigenvalue weighted by atomic mass is 16.3. The molecule has 1 unspecified atom stereocenters. The molecule has 1 aliphatic rings. The van der Waals surface area contributed by atoms with E-state index in [1.807, 2.05) is 49.1 Å². The van der Waals surface area contributed by atoms with Crippen LogP contribution in [0.3, 0.4) is 0 Å². The van der Waals surface area contributed by atoms with Gasteiger partial charge in [-0.05, 0) is 25.8 Å². The molecule has 0 aromatic heterocycles. The fraction of sp³-hybridized carbons (Fsp3) is 0.533. The molecule has 2 rings (SSSR count). The SMILES string of the molecule is CC(C)(C(=O)N1CCC(CO)C1)c1ccccc1. The van der Waals surface area contributed by atoms with Crippen LogP contribution in [0.5, 0.6) is 0 Å². The first-order valence-electron chi connectivity index (χ1n) is 6.51. The summed E-state index contributed by atoms with van der Waals surface area (Å²) in [4.78, 5) is 14.5. The van der Waals surface area contributed by atoms with Gasteiger partial charge < -0.3 is 10.0 Å². The van der Waals surface area contributed by atoms with E-state index in [9.17, 15) is 4.79 Å². The van der Waals surface area contributed by atoms with Gasteiger partial charge in [-0.1, -0.05) is 30.3 Å². The molecule has 1 aliphatic heterocycles. The van der Waals surface area contributed by atoms with Gasteiger partial charge in [0.05, 0.1) is 5.41 Å². The predicted molar refractivity (Wildman–Crippen MR) is 71.2 cm³/mol. The van der Waals surface area contributed by atoms with E-state index in [1.165, 1.54) is 0 Å². The Balaban J connectivity index is 2.13. The molecule has 0 spiro atoms. The second-order valence-electron chi connectivity index (χ2n) is 5.58. The maximum absolute atomic E-state index is 12.6. The molecule has 0 aliphatic carbocycles. The second kappa shape index (κ2) is 5.11. The molecule has 18 heavy (non-hydrogen) atoms. The van der Waals surface area contributed by atoms with E-state index in [0.717, 1.165) is 18.5 Å². The Bertz CT molecular complexity index is 414. The van der Waals surface area contributed by atoms with Crippen LogP contribution in [0, 0.1) is 5.92 Å². The van der Waals surface area contributed by atoms with Gasteiger partial charge in [0, 0.05) is 25.6 Å². The molecule has 1 N–H and O–H groups in total. The zero-order valence-electron chi connectivity index (χ0n) is 11.1. The lowest BCUT2D eigenvalue weighted by Gasteiger charge is -2.29. The number of nitrogens with zero attached hydrogens (tertiary/aromatic N) is 1. The van der Waals surface area contributed by atoms with Gasteiger partial charge in [0.15, 0.2) is 0 Å². The monoisotopic (exact) mass is 247 g/mol. The number of aliphatic hydroxyl groups excluding tert-OH is 1. The predicted octanol–water partition coefficient (Wildman–Crippen LogP) is 1.80. The third kappa shape index (κ3) is 2.41. The molecule has 1 saturated heterocycles. The average Bonchev–Trinajstić information content (AvgIpc) is 2.87. The topological polar surface area (TPSA) is 40.5 Å². The molecule has 0 bridgehead atoms. The summed E-state index contributed by atoms with van der Waals surface area (Å²) in [6.45, 7) is 5.56. The van der Waals surface area contributed by atoms with E-state index in [0.29, 0.717) is 6.54 Å². The van der Waals surface area contributed by atoms with Crippen molar-refractivity contribution in [3.63, 3.8) is 0 Å². The number of carbonyl (C=O) groups is 1. The fourth-order valence-electron chi connectivity index (χ4n) is 2.54. The van der Waals surface area contributed by atoms with Crippen LogP contribution in [0.1, 0.15) is 25.8 Å². The summed E-state index contributed by atoms with van der Waals surface area (Å²) in [5.74, 6) is 0.408. The van der Waals surface area contributed by atoms with E-state index >= 15 is 0 Å². The first-order valence-corrected chi connectivity index (χ1v) is 6.51. The third-order valence-electron chi connectivity index (χ3n) is 3.86. The van der Waals surface area contributed by atoms with Gasteiger partial charge >= 0.3 is 0 Å². The Morgan fingerprint density at radius 3 is 2.61 bits per heavy atom. The summed E-state index contributed by atoms with van der Waals surface area (Å²) in [6, 6.07) is 9.88. The minimum atomic E-state index is -0.494. The number of rotatable bonds is 3. The first-order chi connectivity index (χ1) is 8.55. The Hall–Kier alpha value is -1.35. The van der Waals surface area contributed by atoms with Crippen molar-refractivity contribution in [1.82, 2.24) is 4.90 Å². The van der Waals surface area contributed by atoms with Gasteiger partial charge in [0.1, 0.15) is 0 Å². The average molecular weight is 247 g/mol. The normalized spacial score (nSPS) is 20.2. The third-order valence-corrected chi connectivity index (χ3v) is 3.86. The molecule has 1 heterocycles. The van der Waals surface area contributed by atoms with Crippen LogP contribution in [-0.4, -0.2) is 35.6 Å². The molecule has 3 heteroatoms. The number of benzene rings is 1. The number of likely N-dealkylation sites (tertiary alicyclic amines) is 1. The van der Waals surface area contributed by atoms with Crippen molar-refractivity contribution in [3.8, 4) is 0 Å². The highest BCUT2D eigenvalue weighted by molar-refractivity contribution is 5.87. The van der Waals surface area contributed by atoms with Crippen LogP contribution >= 0.6 is 0 Å². The molecule has 1 aromatic carbocycles. The van der Waals surface area contributed by atoms with Crippen molar-refractivity contribution in [2.75, 3.05) is 19.7 Å². The van der Waals surface area contributed by atoms with Crippen molar-refractivity contribution < 1.29 is 9.90 Å². The molecular formula is C15H21NO2. The van der Waals surface area contributed by atoms with Gasteiger partial charge in [0.2, 0.25) is 5.91 Å². The summed E-state index contributed by atoms with van der Waals surface area (Å²) in [6.07, 6.45) is 0.910. The highest BCUT2D eigenvalue weighted by Gasteiger charge is 2.36. The van der Waals surface area contributed by atoms with Crippen molar-refractivity contribution in [2.24, 2.45) is 5.92 Å². The van der Waals surface area contributed by atoms with E-state index in [1.54, 1.807) is 0 Å². The lowest BCUT2D eigenvalue weighted by atomic mass is 9.83. The van der Waals surface area contributed by atoms with Crippen LogP contribution in [-0.2, 0) is 10.2 Å². The Morgan fingerprint density at radius 1 is 1.39 bits per heavy atom. The maximum Gasteiger partial charge on any atom is 0.232 e. The molecule has 1 amide bonds. The zero-order valence-corrected chi connectivity index (χ0v) is 11.1. The van der Waals surface area contributed by atoms with E-state index < -0.39 is 5.41 Å². The van der Waals surface area contributed by atoms with Crippen molar-refractivity contribution in [1.29, 1.82) is 0 Å². The van der Waals surface area contributed by atoms with Crippen LogP contribution in [0.4, 0.5) is 0 Å². The lowest BCUT2D eigenvalue weighted by Crippen LogP contribution is -2.42. The summed E-state index contributed by atoms with van der Waals surface area (Å²) < 4.78 is 0. The van der Waals surface area contributed by atoms with Crippen LogP contribution < -0.4 is 0 Å². The van der Waals surface area contributed by atoms with Crippen LogP contribution in [0.25, 0.3) is 0 Å². The maximum atomic E-state index is 12.6. The van der Waals surface area contributed by atoms with Crippen molar-refractivity contribution in [2.45, 2.75) is 25.7 Å². The van der Waals surface area contributed by atoms with E-state index in [4.69, 9.17) is 5.11 Å². The molecule has 98 valence electrons. The standard InChI is InChI=1S/C15H21NO2/c1-15(2,13-6-4-3-5-7-13)14(18)16-9-8-12(10-16)11-17/h3-7,12,17H,8-11H2,1-2H3. The summed E-state index contributed by atoms with van der Waals surface area (Å²) in [7, 11) is 0. The minimum absolute atomic E-state index is 0.157. The minimum Gasteiger partial charge on any atom is -0.396 e. The highest BCUT2D eigenvalue weighted by Crippen LogP contribution is 2.28. The van der Waals surface area contributed by atoms with Gasteiger partial charge in [-0.25, -0.2) is 0 Å². The molecule has 0 radical (unpaired) electrons.